The van der Waals surface area contributed by atoms with E-state index in [2.05, 4.69) is 9.97 Å². The van der Waals surface area contributed by atoms with E-state index in [1.165, 1.54) is 17.4 Å². The number of rotatable bonds is 6. The van der Waals surface area contributed by atoms with Gasteiger partial charge >= 0.3 is 11.7 Å². The van der Waals surface area contributed by atoms with Gasteiger partial charge in [-0.15, -0.1) is 11.3 Å². The summed E-state index contributed by atoms with van der Waals surface area (Å²) in [6.45, 7) is 1.04. The lowest BCUT2D eigenvalue weighted by Gasteiger charge is -2.15. The molecule has 12 nitrogen and oxygen atoms in total. The van der Waals surface area contributed by atoms with Crippen LogP contribution in [0.15, 0.2) is 21.0 Å². The maximum absolute atomic E-state index is 14.3. The Balaban J connectivity index is 1.83. The van der Waals surface area contributed by atoms with Crippen LogP contribution in [0.25, 0.3) is 11.2 Å². The van der Waals surface area contributed by atoms with Crippen molar-refractivity contribution >= 4 is 34.4 Å². The van der Waals surface area contributed by atoms with Crippen LogP contribution in [0, 0.1) is 0 Å². The number of nitrogen functional groups attached to an aromatic ring is 1. The van der Waals surface area contributed by atoms with Gasteiger partial charge in [0.05, 0.1) is 25.3 Å². The average Bonchev–Trinajstić information content (AvgIpc) is 3.40. The van der Waals surface area contributed by atoms with Crippen LogP contribution in [0.1, 0.15) is 28.4 Å². The van der Waals surface area contributed by atoms with E-state index in [0.29, 0.717) is 10.4 Å². The highest BCUT2D eigenvalue weighted by atomic mass is 32.1. The molecule has 1 saturated heterocycles. The van der Waals surface area contributed by atoms with Gasteiger partial charge in [0.1, 0.15) is 12.2 Å². The molecule has 4 heterocycles. The first-order valence-electron chi connectivity index (χ1n) is 9.60. The molecule has 0 bridgehead atoms. The number of nitrogens with zero attached hydrogens (tertiary/aromatic N) is 3. The zero-order valence-corrected chi connectivity index (χ0v) is 17.5. The summed E-state index contributed by atoms with van der Waals surface area (Å²) in [5.41, 5.74) is 3.99. The smallest absolute Gasteiger partial charge is 0.338 e. The number of carbonyl (C=O) groups excluding carboxylic acids is 1. The predicted molar refractivity (Wildman–Crippen MR) is 110 cm³/mol. The van der Waals surface area contributed by atoms with E-state index in [1.807, 2.05) is 0 Å². The van der Waals surface area contributed by atoms with Gasteiger partial charge < -0.3 is 25.4 Å². The molecule has 1 aliphatic heterocycles. The van der Waals surface area contributed by atoms with Crippen LogP contribution < -0.4 is 17.0 Å². The second-order valence-electron chi connectivity index (χ2n) is 7.07. The van der Waals surface area contributed by atoms with Crippen LogP contribution in [-0.2, 0) is 16.0 Å². The van der Waals surface area contributed by atoms with E-state index in [-0.39, 0.29) is 30.3 Å². The molecule has 0 aliphatic carbocycles. The number of thiophene rings is 1. The molecule has 32 heavy (non-hydrogen) atoms. The molecule has 14 heteroatoms. The summed E-state index contributed by atoms with van der Waals surface area (Å²) in [6.07, 6.45) is -6.64. The Hall–Kier alpha value is -3.07. The number of H-pyrrole nitrogens is 1. The Bertz CT molecular complexity index is 1280. The second-order valence-corrected chi connectivity index (χ2v) is 8.06. The number of nitrogens with one attached hydrogen (secondary N) is 1. The van der Waals surface area contributed by atoms with Gasteiger partial charge in [-0.25, -0.2) is 18.5 Å². The maximum Gasteiger partial charge on any atom is 0.338 e. The normalized spacial score (nSPS) is 23.1. The fraction of sp³-hybridized carbons (Fsp3) is 0.444. The number of aromatic nitrogens is 4. The van der Waals surface area contributed by atoms with Crippen LogP contribution in [0.3, 0.4) is 0 Å². The minimum absolute atomic E-state index is 0.119. The molecule has 0 saturated carbocycles. The van der Waals surface area contributed by atoms with Crippen molar-refractivity contribution < 1.29 is 28.9 Å². The van der Waals surface area contributed by atoms with Gasteiger partial charge in [0.15, 0.2) is 23.6 Å². The Morgan fingerprint density at radius 1 is 1.47 bits per heavy atom. The monoisotopic (exact) mass is 469 g/mol. The molecule has 4 atom stereocenters. The second kappa shape index (κ2) is 8.46. The Morgan fingerprint density at radius 3 is 2.88 bits per heavy atom. The van der Waals surface area contributed by atoms with E-state index < -0.39 is 48.4 Å². The number of anilines is 1. The predicted octanol–water partition coefficient (Wildman–Crippen LogP) is -0.656. The van der Waals surface area contributed by atoms with Gasteiger partial charge in [-0.3, -0.25) is 14.3 Å². The molecule has 3 aromatic heterocycles. The summed E-state index contributed by atoms with van der Waals surface area (Å²) in [7, 11) is 0. The number of imidazole rings is 1. The van der Waals surface area contributed by atoms with Gasteiger partial charge in [0.2, 0.25) is 5.95 Å². The summed E-state index contributed by atoms with van der Waals surface area (Å²) >= 11 is 1.17. The number of hydrogen-bond donors (Lipinski definition) is 4. The number of carbonyl (C=O) groups is 1. The lowest BCUT2D eigenvalue weighted by atomic mass is 10.1. The van der Waals surface area contributed by atoms with Crippen molar-refractivity contribution in [3.63, 3.8) is 0 Å². The fourth-order valence-corrected chi connectivity index (χ4v) is 4.43. The third-order valence-electron chi connectivity index (χ3n) is 5.03. The van der Waals surface area contributed by atoms with Gasteiger partial charge in [0, 0.05) is 10.3 Å². The van der Waals surface area contributed by atoms with Crippen molar-refractivity contribution in [2.24, 2.45) is 0 Å². The van der Waals surface area contributed by atoms with E-state index >= 15 is 0 Å². The molecule has 5 N–H and O–H groups in total. The van der Waals surface area contributed by atoms with E-state index in [9.17, 15) is 29.0 Å². The minimum Gasteiger partial charge on any atom is -0.462 e. The number of aromatic amines is 1. The highest BCUT2D eigenvalue weighted by Crippen LogP contribution is 2.32. The summed E-state index contributed by atoms with van der Waals surface area (Å²) in [5, 5.41) is 21.1. The number of ether oxygens (including phenoxy) is 2. The van der Waals surface area contributed by atoms with Crippen LogP contribution >= 0.6 is 11.3 Å². The Kier molecular flexibility index (Phi) is 5.85. The van der Waals surface area contributed by atoms with Crippen molar-refractivity contribution in [1.29, 1.82) is 0 Å². The molecule has 1 aliphatic rings. The van der Waals surface area contributed by atoms with Crippen molar-refractivity contribution in [2.45, 2.75) is 38.1 Å². The summed E-state index contributed by atoms with van der Waals surface area (Å²) in [5.74, 6) is -0.819. The Morgan fingerprint density at radius 2 is 2.22 bits per heavy atom. The Labute approximate surface area is 182 Å². The van der Waals surface area contributed by atoms with Crippen molar-refractivity contribution in [1.82, 2.24) is 19.1 Å². The highest BCUT2D eigenvalue weighted by molar-refractivity contribution is 7.10. The van der Waals surface area contributed by atoms with Crippen LogP contribution in [0.4, 0.5) is 10.3 Å². The summed E-state index contributed by atoms with van der Waals surface area (Å²) in [4.78, 5) is 44.6. The minimum atomic E-state index is -1.96. The number of nitrogens with two attached hydrogens (primary N) is 1. The van der Waals surface area contributed by atoms with Crippen LogP contribution in [-0.4, -0.2) is 66.9 Å². The van der Waals surface area contributed by atoms with Gasteiger partial charge in [-0.2, -0.15) is 4.98 Å². The number of hydrogen-bond acceptors (Lipinski definition) is 10. The molecule has 172 valence electrons. The average molecular weight is 469 g/mol. The number of esters is 1. The molecule has 0 spiro atoms. The standard InChI is InChI=1S/C18H20FN5O7S/c1-2-30-16(28)7-3-8(32-6-7)4-23-11-13(21-17(20)22-14(11)27)24(18(23)29)15-12(26)10(19)9(5-25)31-15/h3,6,9-10,12,15,25-26H,2,4-5H2,1H3,(H3,20,21,22,27)/t9-,10-,12-,15-/m1/s1. The summed E-state index contributed by atoms with van der Waals surface area (Å²) < 4.78 is 26.5. The maximum atomic E-state index is 14.3. The molecule has 0 amide bonds. The van der Waals surface area contributed by atoms with Crippen molar-refractivity contribution in [3.8, 4) is 0 Å². The lowest BCUT2D eigenvalue weighted by Crippen LogP contribution is -2.34. The zero-order valence-electron chi connectivity index (χ0n) is 16.7. The van der Waals surface area contributed by atoms with E-state index in [1.54, 1.807) is 12.3 Å². The molecule has 0 unspecified atom stereocenters. The number of aliphatic hydroxyl groups excluding tert-OH is 2. The highest BCUT2D eigenvalue weighted by Gasteiger charge is 2.46. The first kappa shape index (κ1) is 22.1. The molecular formula is C18H20FN5O7S. The van der Waals surface area contributed by atoms with Gasteiger partial charge in [-0.05, 0) is 13.0 Å². The zero-order chi connectivity index (χ0) is 23.2. The quantitative estimate of drug-likeness (QED) is 0.342. The molecule has 0 aromatic carbocycles. The van der Waals surface area contributed by atoms with Crippen molar-refractivity contribution in [3.05, 3.63) is 42.7 Å². The number of alkyl halides is 1. The molecule has 1 fully saturated rings. The fourth-order valence-electron chi connectivity index (χ4n) is 3.59. The van der Waals surface area contributed by atoms with Gasteiger partial charge in [-0.1, -0.05) is 0 Å². The first-order chi connectivity index (χ1) is 15.3. The molecular weight excluding hydrogens is 449 g/mol. The lowest BCUT2D eigenvalue weighted by molar-refractivity contribution is -0.0513. The van der Waals surface area contributed by atoms with Crippen LogP contribution in [0.5, 0.6) is 0 Å². The molecule has 3 aromatic rings. The topological polar surface area (TPSA) is 175 Å². The largest absolute Gasteiger partial charge is 0.462 e. The number of halogens is 1. The third kappa shape index (κ3) is 3.60. The number of fused-ring (bicyclic) bond motifs is 1. The van der Waals surface area contributed by atoms with E-state index in [4.69, 9.17) is 15.2 Å². The summed E-state index contributed by atoms with van der Waals surface area (Å²) in [6, 6.07) is 1.53. The molecule has 0 radical (unpaired) electrons. The van der Waals surface area contributed by atoms with Crippen LogP contribution in [0.2, 0.25) is 0 Å². The van der Waals surface area contributed by atoms with Crippen molar-refractivity contribution in [2.75, 3.05) is 18.9 Å². The molecule has 4 rings (SSSR count). The number of aliphatic hydroxyl groups is 2. The third-order valence-corrected chi connectivity index (χ3v) is 5.95. The first-order valence-corrected chi connectivity index (χ1v) is 10.5. The van der Waals surface area contributed by atoms with E-state index in [0.717, 1.165) is 9.13 Å². The van der Waals surface area contributed by atoms with Gasteiger partial charge in [0.25, 0.3) is 5.56 Å². The SMILES string of the molecule is CCOC(=O)c1csc(Cn2c(=O)n([C@@H]3O[C@H](CO)[C@@H](F)[C@H]3O)c3nc(N)[nH]c(=O)c32)c1.